The molecule has 10 heavy (non-hydrogen) atoms. The monoisotopic (exact) mass is 142 g/mol. The van der Waals surface area contributed by atoms with E-state index in [2.05, 4.69) is 22.6 Å². The quantitative estimate of drug-likeness (QED) is 0.417. The topological polar surface area (TPSA) is 31.9 Å². The van der Waals surface area contributed by atoms with Crippen molar-refractivity contribution in [1.82, 2.24) is 10.2 Å². The van der Waals surface area contributed by atoms with E-state index in [1.54, 1.807) is 0 Å². The van der Waals surface area contributed by atoms with E-state index < -0.39 is 0 Å². The first-order chi connectivity index (χ1) is 4.88. The van der Waals surface area contributed by atoms with Gasteiger partial charge in [-0.05, 0) is 20.0 Å². The zero-order valence-electron chi connectivity index (χ0n) is 6.51. The molecular weight excluding hydrogens is 126 g/mol. The second kappa shape index (κ2) is 2.49. The van der Waals surface area contributed by atoms with Gasteiger partial charge in [-0.1, -0.05) is 0 Å². The fraction of sp³-hybridized carbons (Fsp3) is 1.00. The summed E-state index contributed by atoms with van der Waals surface area (Å²) in [6, 6.07) is 1.68. The normalized spacial score (nSPS) is 41.7. The zero-order chi connectivity index (χ0) is 6.97. The van der Waals surface area contributed by atoms with Crippen molar-refractivity contribution in [2.75, 3.05) is 26.8 Å². The highest BCUT2D eigenvalue weighted by Crippen LogP contribution is 2.09. The summed E-state index contributed by atoms with van der Waals surface area (Å²) in [5, 5.41) is 5.86. The molecule has 2 saturated heterocycles. The Morgan fingerprint density at radius 3 is 3.30 bits per heavy atom. The predicted octanol–water partition coefficient (Wildman–Crippen LogP) is -1.82. The van der Waals surface area contributed by atoms with Crippen molar-refractivity contribution in [1.29, 1.82) is 0 Å². The van der Waals surface area contributed by atoms with E-state index in [-0.39, 0.29) is 0 Å². The molecule has 2 unspecified atom stereocenters. The summed E-state index contributed by atoms with van der Waals surface area (Å²) in [6.45, 7) is 3.60. The van der Waals surface area contributed by atoms with E-state index in [0.29, 0.717) is 0 Å². The summed E-state index contributed by atoms with van der Waals surface area (Å²) in [6.07, 6.45) is 1.33. The molecule has 0 aliphatic carbocycles. The highest BCUT2D eigenvalue weighted by atomic mass is 15.3. The lowest BCUT2D eigenvalue weighted by Crippen LogP contribution is -2.90. The van der Waals surface area contributed by atoms with E-state index in [0.717, 1.165) is 12.1 Å². The van der Waals surface area contributed by atoms with Gasteiger partial charge in [-0.2, -0.15) is 0 Å². The smallest absolute Gasteiger partial charge is 0.132 e. The van der Waals surface area contributed by atoms with Gasteiger partial charge in [0.1, 0.15) is 12.7 Å². The summed E-state index contributed by atoms with van der Waals surface area (Å²) >= 11 is 0. The Kier molecular flexibility index (Phi) is 1.64. The van der Waals surface area contributed by atoms with Crippen LogP contribution >= 0.6 is 0 Å². The van der Waals surface area contributed by atoms with Gasteiger partial charge in [0, 0.05) is 6.54 Å². The van der Waals surface area contributed by atoms with Gasteiger partial charge in [0.05, 0.1) is 6.04 Å². The van der Waals surface area contributed by atoms with Crippen LogP contribution < -0.4 is 10.6 Å². The molecule has 0 aromatic heterocycles. The van der Waals surface area contributed by atoms with E-state index in [9.17, 15) is 0 Å². The Balaban J connectivity index is 2.01. The highest BCUT2D eigenvalue weighted by Gasteiger charge is 2.36. The third-order valence-corrected chi connectivity index (χ3v) is 2.75. The highest BCUT2D eigenvalue weighted by molar-refractivity contribution is 4.85. The molecule has 2 atom stereocenters. The Labute approximate surface area is 61.8 Å². The average Bonchev–Trinajstić information content (AvgIpc) is 2.34. The van der Waals surface area contributed by atoms with Crippen LogP contribution in [0.1, 0.15) is 6.42 Å². The number of nitrogens with two attached hydrogens (primary N) is 1. The van der Waals surface area contributed by atoms with Crippen LogP contribution in [0.2, 0.25) is 0 Å². The Morgan fingerprint density at radius 2 is 2.50 bits per heavy atom. The number of quaternary nitrogens is 1. The van der Waals surface area contributed by atoms with Gasteiger partial charge in [-0.25, -0.2) is 0 Å². The standard InChI is InChI=1S/C7H15N3/c1-10-5-9-6-4-8-3-2-7(6)10/h6-9H,2-5H2,1H3/p+1. The lowest BCUT2D eigenvalue weighted by molar-refractivity contribution is -0.675. The first kappa shape index (κ1) is 6.58. The maximum atomic E-state index is 3.42. The number of hydrogen-bond acceptors (Lipinski definition) is 2. The average molecular weight is 142 g/mol. The second-order valence-electron chi connectivity index (χ2n) is 3.40. The number of fused-ring (bicyclic) bond motifs is 1. The van der Waals surface area contributed by atoms with Crippen molar-refractivity contribution in [3.8, 4) is 0 Å². The molecule has 0 spiro atoms. The van der Waals surface area contributed by atoms with Crippen molar-refractivity contribution in [2.45, 2.75) is 18.5 Å². The van der Waals surface area contributed by atoms with Crippen molar-refractivity contribution < 1.29 is 5.32 Å². The molecule has 2 heterocycles. The summed E-state index contributed by atoms with van der Waals surface area (Å²) < 4.78 is 0. The van der Waals surface area contributed by atoms with Gasteiger partial charge in [0.2, 0.25) is 0 Å². The molecule has 0 saturated carbocycles. The lowest BCUT2D eigenvalue weighted by atomic mass is 10.0. The molecule has 0 bridgehead atoms. The summed E-state index contributed by atoms with van der Waals surface area (Å²) in [5.41, 5.74) is 0. The number of hydrogen-bond donors (Lipinski definition) is 2. The van der Waals surface area contributed by atoms with E-state index in [1.807, 2.05) is 0 Å². The largest absolute Gasteiger partial charge is 0.329 e. The molecule has 3 heteroatoms. The molecule has 3 N–H and O–H groups in total. The molecule has 0 radical (unpaired) electrons. The van der Waals surface area contributed by atoms with Crippen LogP contribution in [-0.4, -0.2) is 43.8 Å². The van der Waals surface area contributed by atoms with Crippen LogP contribution in [0.3, 0.4) is 0 Å². The van der Waals surface area contributed by atoms with Crippen molar-refractivity contribution >= 4 is 0 Å². The van der Waals surface area contributed by atoms with Crippen LogP contribution in [0.25, 0.3) is 0 Å². The van der Waals surface area contributed by atoms with Gasteiger partial charge in [-0.3, -0.25) is 4.90 Å². The van der Waals surface area contributed by atoms with Crippen LogP contribution in [0.15, 0.2) is 0 Å². The molecule has 2 aliphatic heterocycles. The molecule has 2 fully saturated rings. The Morgan fingerprint density at radius 1 is 1.60 bits per heavy atom. The third kappa shape index (κ3) is 0.944. The van der Waals surface area contributed by atoms with Gasteiger partial charge in [0.15, 0.2) is 0 Å². The fourth-order valence-corrected chi connectivity index (χ4v) is 2.09. The molecule has 2 aliphatic rings. The molecule has 0 amide bonds. The summed E-state index contributed by atoms with van der Waals surface area (Å²) in [5.74, 6) is 0. The van der Waals surface area contributed by atoms with Crippen LogP contribution in [0.5, 0.6) is 0 Å². The SMILES string of the molecule is CN1C[NH2+]C2CNCCC21. The molecule has 3 nitrogen and oxygen atoms in total. The van der Waals surface area contributed by atoms with Crippen LogP contribution in [-0.2, 0) is 0 Å². The Hall–Kier alpha value is -0.120. The van der Waals surface area contributed by atoms with Crippen molar-refractivity contribution in [3.63, 3.8) is 0 Å². The summed E-state index contributed by atoms with van der Waals surface area (Å²) in [7, 11) is 2.23. The fourth-order valence-electron chi connectivity index (χ4n) is 2.09. The maximum Gasteiger partial charge on any atom is 0.132 e. The molecule has 0 aromatic rings. The number of rotatable bonds is 0. The van der Waals surface area contributed by atoms with Gasteiger partial charge in [0.25, 0.3) is 0 Å². The number of nitrogens with one attached hydrogen (secondary N) is 1. The van der Waals surface area contributed by atoms with Gasteiger partial charge in [-0.15, -0.1) is 0 Å². The van der Waals surface area contributed by atoms with Gasteiger partial charge < -0.3 is 10.6 Å². The minimum atomic E-state index is 0.832. The lowest BCUT2D eigenvalue weighted by Gasteiger charge is -2.25. The molecule has 58 valence electrons. The summed E-state index contributed by atoms with van der Waals surface area (Å²) in [4.78, 5) is 2.46. The minimum absolute atomic E-state index is 0.832. The van der Waals surface area contributed by atoms with Gasteiger partial charge >= 0.3 is 0 Å². The molecule has 2 rings (SSSR count). The first-order valence-electron chi connectivity index (χ1n) is 4.12. The first-order valence-corrected chi connectivity index (χ1v) is 4.12. The molecular formula is C7H16N3+. The van der Waals surface area contributed by atoms with Crippen molar-refractivity contribution in [2.24, 2.45) is 0 Å². The van der Waals surface area contributed by atoms with Crippen LogP contribution in [0.4, 0.5) is 0 Å². The van der Waals surface area contributed by atoms with E-state index in [1.165, 1.54) is 26.2 Å². The number of likely N-dealkylation sites (N-methyl/N-ethyl adjacent to an activating group) is 1. The Bertz CT molecular complexity index is 124. The zero-order valence-corrected chi connectivity index (χ0v) is 6.51. The maximum absolute atomic E-state index is 3.42. The third-order valence-electron chi connectivity index (χ3n) is 2.75. The second-order valence-corrected chi connectivity index (χ2v) is 3.40. The van der Waals surface area contributed by atoms with E-state index in [4.69, 9.17) is 0 Å². The van der Waals surface area contributed by atoms with E-state index >= 15 is 0 Å². The van der Waals surface area contributed by atoms with Crippen molar-refractivity contribution in [3.05, 3.63) is 0 Å². The number of piperidine rings is 1. The minimum Gasteiger partial charge on any atom is -0.329 e. The molecule has 0 aromatic carbocycles. The predicted molar refractivity (Wildman–Crippen MR) is 39.6 cm³/mol. The van der Waals surface area contributed by atoms with Crippen LogP contribution in [0, 0.1) is 0 Å². The number of nitrogens with zero attached hydrogens (tertiary/aromatic N) is 1.